The number of amides is 1. The van der Waals surface area contributed by atoms with Crippen LogP contribution in [0.15, 0.2) is 24.3 Å². The molecular formula is C11H14FNO2. The minimum absolute atomic E-state index is 0.193. The van der Waals surface area contributed by atoms with Crippen LogP contribution < -0.4 is 4.90 Å². The van der Waals surface area contributed by atoms with Crippen LogP contribution in [0.1, 0.15) is 13.8 Å². The van der Waals surface area contributed by atoms with Crippen molar-refractivity contribution in [1.29, 1.82) is 0 Å². The third-order valence-electron chi connectivity index (χ3n) is 2.03. The number of para-hydroxylation sites is 1. The van der Waals surface area contributed by atoms with Crippen molar-refractivity contribution in [2.24, 2.45) is 0 Å². The number of aliphatic hydroxyl groups excluding tert-OH is 1. The van der Waals surface area contributed by atoms with E-state index in [-0.39, 0.29) is 11.7 Å². The molecule has 0 atom stereocenters. The topological polar surface area (TPSA) is 40.5 Å². The summed E-state index contributed by atoms with van der Waals surface area (Å²) in [6.45, 7) is 2.91. The fourth-order valence-electron chi connectivity index (χ4n) is 1.42. The van der Waals surface area contributed by atoms with Gasteiger partial charge in [-0.1, -0.05) is 12.1 Å². The van der Waals surface area contributed by atoms with Crippen molar-refractivity contribution in [3.8, 4) is 0 Å². The molecule has 0 aliphatic rings. The van der Waals surface area contributed by atoms with Gasteiger partial charge in [-0.15, -0.1) is 0 Å². The highest BCUT2D eigenvalue weighted by atomic mass is 19.1. The van der Waals surface area contributed by atoms with E-state index in [1.54, 1.807) is 26.0 Å². The smallest absolute Gasteiger partial charge is 0.253 e. The number of hydrogen-bond donors (Lipinski definition) is 1. The van der Waals surface area contributed by atoms with E-state index in [2.05, 4.69) is 0 Å². The number of rotatable bonds is 3. The van der Waals surface area contributed by atoms with Crippen LogP contribution >= 0.6 is 0 Å². The van der Waals surface area contributed by atoms with Gasteiger partial charge in [0.05, 0.1) is 5.69 Å². The van der Waals surface area contributed by atoms with Crippen molar-refractivity contribution in [1.82, 2.24) is 0 Å². The number of carbonyl (C=O) groups excluding carboxylic acids is 1. The van der Waals surface area contributed by atoms with Crippen LogP contribution in [0.4, 0.5) is 10.1 Å². The van der Waals surface area contributed by atoms with Gasteiger partial charge in [-0.25, -0.2) is 4.39 Å². The number of hydrogen-bond acceptors (Lipinski definition) is 2. The van der Waals surface area contributed by atoms with Gasteiger partial charge in [-0.3, -0.25) is 4.79 Å². The average molecular weight is 211 g/mol. The molecular weight excluding hydrogens is 197 g/mol. The van der Waals surface area contributed by atoms with Gasteiger partial charge in [0.1, 0.15) is 12.4 Å². The zero-order valence-corrected chi connectivity index (χ0v) is 8.77. The molecule has 0 aliphatic carbocycles. The van der Waals surface area contributed by atoms with Gasteiger partial charge in [0.25, 0.3) is 5.91 Å². The largest absolute Gasteiger partial charge is 0.387 e. The van der Waals surface area contributed by atoms with Crippen molar-refractivity contribution < 1.29 is 14.3 Å². The van der Waals surface area contributed by atoms with E-state index in [9.17, 15) is 9.18 Å². The number of carbonyl (C=O) groups is 1. The Hall–Kier alpha value is -1.42. The molecule has 1 rings (SSSR count). The Balaban J connectivity index is 3.10. The van der Waals surface area contributed by atoms with Crippen LogP contribution in [0, 0.1) is 5.82 Å². The van der Waals surface area contributed by atoms with E-state index >= 15 is 0 Å². The molecule has 0 bridgehead atoms. The second kappa shape index (κ2) is 4.89. The van der Waals surface area contributed by atoms with Crippen LogP contribution in [0.2, 0.25) is 0 Å². The standard InChI is InChI=1S/C11H14FNO2/c1-8(2)13(11(15)7-14)10-6-4-3-5-9(10)12/h3-6,8,14H,7H2,1-2H3. The highest BCUT2D eigenvalue weighted by Gasteiger charge is 2.20. The highest BCUT2D eigenvalue weighted by molar-refractivity contribution is 5.94. The molecule has 82 valence electrons. The minimum atomic E-state index is -0.619. The normalized spacial score (nSPS) is 10.5. The summed E-state index contributed by atoms with van der Waals surface area (Å²) < 4.78 is 13.4. The second-order valence-electron chi connectivity index (χ2n) is 3.47. The maximum absolute atomic E-state index is 13.4. The third kappa shape index (κ3) is 2.53. The number of benzene rings is 1. The van der Waals surface area contributed by atoms with E-state index in [0.717, 1.165) is 0 Å². The predicted octanol–water partition coefficient (Wildman–Crippen LogP) is 1.56. The van der Waals surface area contributed by atoms with Gasteiger partial charge in [0.15, 0.2) is 0 Å². The molecule has 0 radical (unpaired) electrons. The molecule has 15 heavy (non-hydrogen) atoms. The summed E-state index contributed by atoms with van der Waals surface area (Å²) in [7, 11) is 0. The average Bonchev–Trinajstić information content (AvgIpc) is 2.20. The van der Waals surface area contributed by atoms with Crippen LogP contribution in [0.5, 0.6) is 0 Å². The molecule has 0 fully saturated rings. The van der Waals surface area contributed by atoms with Crippen LogP contribution in [-0.2, 0) is 4.79 Å². The lowest BCUT2D eigenvalue weighted by molar-refractivity contribution is -0.121. The SMILES string of the molecule is CC(C)N(C(=O)CO)c1ccccc1F. The van der Waals surface area contributed by atoms with Crippen molar-refractivity contribution in [2.75, 3.05) is 11.5 Å². The molecule has 0 unspecified atom stereocenters. The molecule has 1 amide bonds. The molecule has 4 heteroatoms. The second-order valence-corrected chi connectivity index (χ2v) is 3.47. The zero-order valence-electron chi connectivity index (χ0n) is 8.77. The molecule has 0 heterocycles. The zero-order chi connectivity index (χ0) is 11.4. The van der Waals surface area contributed by atoms with Gasteiger partial charge < -0.3 is 10.0 Å². The highest BCUT2D eigenvalue weighted by Crippen LogP contribution is 2.20. The van der Waals surface area contributed by atoms with Gasteiger partial charge >= 0.3 is 0 Å². The Morgan fingerprint density at radius 1 is 1.47 bits per heavy atom. The summed E-state index contributed by atoms with van der Waals surface area (Å²) in [6, 6.07) is 5.82. The lowest BCUT2D eigenvalue weighted by atomic mass is 10.2. The fourth-order valence-corrected chi connectivity index (χ4v) is 1.42. The van der Waals surface area contributed by atoms with E-state index in [1.165, 1.54) is 17.0 Å². The first-order valence-corrected chi connectivity index (χ1v) is 4.75. The Bertz CT molecular complexity index is 352. The molecule has 0 spiro atoms. The molecule has 0 saturated carbocycles. The van der Waals surface area contributed by atoms with Crippen molar-refractivity contribution in [2.45, 2.75) is 19.9 Å². The van der Waals surface area contributed by atoms with Crippen molar-refractivity contribution in [3.63, 3.8) is 0 Å². The molecule has 0 saturated heterocycles. The predicted molar refractivity (Wildman–Crippen MR) is 56.1 cm³/mol. The van der Waals surface area contributed by atoms with Crippen molar-refractivity contribution in [3.05, 3.63) is 30.1 Å². The van der Waals surface area contributed by atoms with Crippen molar-refractivity contribution >= 4 is 11.6 Å². The fraction of sp³-hybridized carbons (Fsp3) is 0.364. The summed E-state index contributed by atoms with van der Waals surface area (Å²) in [4.78, 5) is 12.7. The van der Waals surface area contributed by atoms with E-state index < -0.39 is 18.3 Å². The Kier molecular flexibility index (Phi) is 3.80. The van der Waals surface area contributed by atoms with Gasteiger partial charge in [0, 0.05) is 6.04 Å². The summed E-state index contributed by atoms with van der Waals surface area (Å²) in [5.74, 6) is -0.969. The summed E-state index contributed by atoms with van der Waals surface area (Å²) in [5.41, 5.74) is 0.201. The molecule has 1 aromatic carbocycles. The summed E-state index contributed by atoms with van der Waals surface area (Å²) in [5, 5.41) is 8.79. The lowest BCUT2D eigenvalue weighted by Gasteiger charge is -2.26. The number of anilines is 1. The minimum Gasteiger partial charge on any atom is -0.387 e. The molecule has 1 N–H and O–H groups in total. The maximum Gasteiger partial charge on any atom is 0.253 e. The number of halogens is 1. The summed E-state index contributed by atoms with van der Waals surface area (Å²) >= 11 is 0. The molecule has 0 aliphatic heterocycles. The first kappa shape index (κ1) is 11.7. The molecule has 0 aromatic heterocycles. The molecule has 1 aromatic rings. The number of aliphatic hydroxyl groups is 1. The Labute approximate surface area is 88.1 Å². The summed E-state index contributed by atoms with van der Waals surface area (Å²) in [6.07, 6.45) is 0. The quantitative estimate of drug-likeness (QED) is 0.824. The third-order valence-corrected chi connectivity index (χ3v) is 2.03. The van der Waals surface area contributed by atoms with E-state index in [0.29, 0.717) is 0 Å². The Morgan fingerprint density at radius 2 is 2.07 bits per heavy atom. The van der Waals surface area contributed by atoms with Gasteiger partial charge in [0.2, 0.25) is 0 Å². The van der Waals surface area contributed by atoms with Gasteiger partial charge in [-0.05, 0) is 26.0 Å². The lowest BCUT2D eigenvalue weighted by Crippen LogP contribution is -2.39. The van der Waals surface area contributed by atoms with Crippen LogP contribution in [-0.4, -0.2) is 23.7 Å². The maximum atomic E-state index is 13.4. The number of nitrogens with zero attached hydrogens (tertiary/aromatic N) is 1. The first-order valence-electron chi connectivity index (χ1n) is 4.75. The molecule has 3 nitrogen and oxygen atoms in total. The Morgan fingerprint density at radius 3 is 2.53 bits per heavy atom. The van der Waals surface area contributed by atoms with Crippen LogP contribution in [0.25, 0.3) is 0 Å². The van der Waals surface area contributed by atoms with Crippen LogP contribution in [0.3, 0.4) is 0 Å². The monoisotopic (exact) mass is 211 g/mol. The van der Waals surface area contributed by atoms with E-state index in [4.69, 9.17) is 5.11 Å². The first-order chi connectivity index (χ1) is 7.07. The van der Waals surface area contributed by atoms with E-state index in [1.807, 2.05) is 0 Å². The van der Waals surface area contributed by atoms with Gasteiger partial charge in [-0.2, -0.15) is 0 Å².